The molecule has 1 heterocycles. The van der Waals surface area contributed by atoms with E-state index >= 15 is 0 Å². The van der Waals surface area contributed by atoms with Crippen molar-refractivity contribution in [3.8, 4) is 0 Å². The molecular formula is C6H12N4O. The molecule has 0 aliphatic carbocycles. The molecule has 5 heteroatoms. The fraction of sp³-hybridized carbons (Fsp3) is 0.667. The van der Waals surface area contributed by atoms with E-state index in [0.717, 1.165) is 0 Å². The van der Waals surface area contributed by atoms with Crippen LogP contribution in [0.5, 0.6) is 0 Å². The summed E-state index contributed by atoms with van der Waals surface area (Å²) in [6.07, 6.45) is 0. The fourth-order valence-electron chi connectivity index (χ4n) is 0.889. The minimum atomic E-state index is -0.362. The summed E-state index contributed by atoms with van der Waals surface area (Å²) in [5, 5.41) is 2.56. The normalized spacial score (nSPS) is 18.3. The van der Waals surface area contributed by atoms with Gasteiger partial charge in [0.15, 0.2) is 0 Å². The lowest BCUT2D eigenvalue weighted by molar-refractivity contribution is 0.233. The van der Waals surface area contributed by atoms with Crippen LogP contribution in [-0.2, 0) is 0 Å². The Kier molecular flexibility index (Phi) is 1.98. The molecule has 2 amide bonds. The van der Waals surface area contributed by atoms with Gasteiger partial charge in [0, 0.05) is 6.04 Å². The van der Waals surface area contributed by atoms with Gasteiger partial charge in [0.05, 0.1) is 6.67 Å². The van der Waals surface area contributed by atoms with E-state index in [1.54, 1.807) is 4.90 Å². The maximum absolute atomic E-state index is 10.6. The second-order valence-corrected chi connectivity index (χ2v) is 2.67. The van der Waals surface area contributed by atoms with Gasteiger partial charge in [0.25, 0.3) is 0 Å². The number of carbonyl (C=O) groups excluding carboxylic acids is 1. The molecule has 3 N–H and O–H groups in total. The average molecular weight is 156 g/mol. The van der Waals surface area contributed by atoms with Crippen molar-refractivity contribution < 1.29 is 4.79 Å². The smallest absolute Gasteiger partial charge is 0.345 e. The number of hydrogen-bond donors (Lipinski definition) is 2. The topological polar surface area (TPSA) is 70.7 Å². The van der Waals surface area contributed by atoms with Crippen molar-refractivity contribution in [1.82, 2.24) is 10.2 Å². The SMILES string of the molecule is CC(C)N1CNC(=O)N=C1N. The number of nitrogens with two attached hydrogens (primary N) is 1. The molecule has 0 aromatic rings. The van der Waals surface area contributed by atoms with Gasteiger partial charge >= 0.3 is 6.03 Å². The van der Waals surface area contributed by atoms with E-state index in [4.69, 9.17) is 5.73 Å². The molecule has 0 aromatic heterocycles. The lowest BCUT2D eigenvalue weighted by Crippen LogP contribution is -2.52. The first-order chi connectivity index (χ1) is 5.11. The average Bonchev–Trinajstić information content (AvgIpc) is 1.85. The summed E-state index contributed by atoms with van der Waals surface area (Å²) in [4.78, 5) is 16.0. The molecule has 0 saturated heterocycles. The highest BCUT2D eigenvalue weighted by molar-refractivity contribution is 5.93. The Balaban J connectivity index is 2.72. The van der Waals surface area contributed by atoms with Gasteiger partial charge in [-0.2, -0.15) is 4.99 Å². The number of hydrogen-bond acceptors (Lipinski definition) is 3. The van der Waals surface area contributed by atoms with Gasteiger partial charge in [-0.1, -0.05) is 0 Å². The Hall–Kier alpha value is -1.26. The van der Waals surface area contributed by atoms with Crippen LogP contribution in [0, 0.1) is 0 Å². The molecule has 1 aliphatic rings. The molecule has 1 rings (SSSR count). The molecule has 62 valence electrons. The number of nitrogens with zero attached hydrogens (tertiary/aromatic N) is 2. The molecule has 0 saturated carbocycles. The van der Waals surface area contributed by atoms with Crippen molar-refractivity contribution in [2.75, 3.05) is 6.67 Å². The summed E-state index contributed by atoms with van der Waals surface area (Å²) < 4.78 is 0. The van der Waals surface area contributed by atoms with Crippen molar-refractivity contribution >= 4 is 12.0 Å². The van der Waals surface area contributed by atoms with Gasteiger partial charge in [-0.3, -0.25) is 0 Å². The summed E-state index contributed by atoms with van der Waals surface area (Å²) in [6, 6.07) is -0.0984. The first kappa shape index (κ1) is 7.84. The third kappa shape index (κ3) is 1.60. The second kappa shape index (κ2) is 2.77. The zero-order chi connectivity index (χ0) is 8.43. The van der Waals surface area contributed by atoms with Gasteiger partial charge in [-0.25, -0.2) is 4.79 Å². The number of amides is 2. The first-order valence-corrected chi connectivity index (χ1v) is 3.50. The molecule has 11 heavy (non-hydrogen) atoms. The molecule has 0 atom stereocenters. The van der Waals surface area contributed by atoms with Crippen LogP contribution in [0.4, 0.5) is 4.79 Å². The Morgan fingerprint density at radius 3 is 2.82 bits per heavy atom. The van der Waals surface area contributed by atoms with E-state index < -0.39 is 0 Å². The number of rotatable bonds is 1. The molecular weight excluding hydrogens is 144 g/mol. The fourth-order valence-corrected chi connectivity index (χ4v) is 0.889. The Morgan fingerprint density at radius 1 is 1.73 bits per heavy atom. The number of carbonyl (C=O) groups is 1. The van der Waals surface area contributed by atoms with Crippen molar-refractivity contribution in [2.45, 2.75) is 19.9 Å². The van der Waals surface area contributed by atoms with Crippen molar-refractivity contribution in [1.29, 1.82) is 0 Å². The lowest BCUT2D eigenvalue weighted by atomic mass is 10.3. The van der Waals surface area contributed by atoms with Crippen LogP contribution < -0.4 is 11.1 Å². The summed E-state index contributed by atoms with van der Waals surface area (Å²) in [6.45, 7) is 4.42. The molecule has 0 aromatic carbocycles. The first-order valence-electron chi connectivity index (χ1n) is 3.50. The van der Waals surface area contributed by atoms with Crippen LogP contribution in [-0.4, -0.2) is 29.6 Å². The zero-order valence-electron chi connectivity index (χ0n) is 6.66. The van der Waals surface area contributed by atoms with Gasteiger partial charge < -0.3 is 16.0 Å². The third-order valence-corrected chi connectivity index (χ3v) is 1.53. The van der Waals surface area contributed by atoms with E-state index in [1.165, 1.54) is 0 Å². The Morgan fingerprint density at radius 2 is 2.36 bits per heavy atom. The van der Waals surface area contributed by atoms with Crippen molar-refractivity contribution in [2.24, 2.45) is 10.7 Å². The monoisotopic (exact) mass is 156 g/mol. The molecule has 1 aliphatic heterocycles. The van der Waals surface area contributed by atoms with Crippen LogP contribution in [0.2, 0.25) is 0 Å². The van der Waals surface area contributed by atoms with E-state index in [9.17, 15) is 4.79 Å². The minimum absolute atomic E-state index is 0.263. The van der Waals surface area contributed by atoms with Gasteiger partial charge in [-0.05, 0) is 13.8 Å². The van der Waals surface area contributed by atoms with Crippen LogP contribution in [0.15, 0.2) is 4.99 Å². The maximum Gasteiger partial charge on any atom is 0.345 e. The molecule has 0 bridgehead atoms. The van der Waals surface area contributed by atoms with E-state index in [1.807, 2.05) is 13.8 Å². The van der Waals surface area contributed by atoms with Crippen LogP contribution in [0.25, 0.3) is 0 Å². The predicted molar refractivity (Wildman–Crippen MR) is 42.0 cm³/mol. The van der Waals surface area contributed by atoms with Crippen molar-refractivity contribution in [3.05, 3.63) is 0 Å². The molecule has 0 fully saturated rings. The third-order valence-electron chi connectivity index (χ3n) is 1.53. The van der Waals surface area contributed by atoms with Crippen LogP contribution in [0.3, 0.4) is 0 Å². The van der Waals surface area contributed by atoms with E-state index in [0.29, 0.717) is 12.6 Å². The number of guanidine groups is 1. The minimum Gasteiger partial charge on any atom is -0.369 e. The summed E-state index contributed by atoms with van der Waals surface area (Å²) in [7, 11) is 0. The predicted octanol–water partition coefficient (Wildman–Crippen LogP) is -0.308. The second-order valence-electron chi connectivity index (χ2n) is 2.67. The van der Waals surface area contributed by atoms with E-state index in [2.05, 4.69) is 10.3 Å². The van der Waals surface area contributed by atoms with Crippen LogP contribution >= 0.6 is 0 Å². The Labute approximate surface area is 65.3 Å². The summed E-state index contributed by atoms with van der Waals surface area (Å²) >= 11 is 0. The van der Waals surface area contributed by atoms with Gasteiger partial charge in [0.1, 0.15) is 0 Å². The highest BCUT2D eigenvalue weighted by Gasteiger charge is 2.17. The van der Waals surface area contributed by atoms with Gasteiger partial charge in [-0.15, -0.1) is 0 Å². The Bertz CT molecular complexity index is 199. The highest BCUT2D eigenvalue weighted by Crippen LogP contribution is 1.99. The largest absolute Gasteiger partial charge is 0.369 e. The number of nitrogens with one attached hydrogen (secondary N) is 1. The number of urea groups is 1. The summed E-state index contributed by atoms with van der Waals surface area (Å²) in [5.41, 5.74) is 5.49. The van der Waals surface area contributed by atoms with Crippen LogP contribution in [0.1, 0.15) is 13.8 Å². The molecule has 0 unspecified atom stereocenters. The van der Waals surface area contributed by atoms with E-state index in [-0.39, 0.29) is 12.1 Å². The molecule has 0 spiro atoms. The van der Waals surface area contributed by atoms with Gasteiger partial charge in [0.2, 0.25) is 5.96 Å². The lowest BCUT2D eigenvalue weighted by Gasteiger charge is -2.29. The maximum atomic E-state index is 10.6. The standard InChI is InChI=1S/C6H12N4O/c1-4(2)10-3-8-6(11)9-5(10)7/h4H,3H2,1-2H3,(H3,7,8,9,11). The zero-order valence-corrected chi connectivity index (χ0v) is 6.66. The molecule has 0 radical (unpaired) electrons. The molecule has 5 nitrogen and oxygen atoms in total. The summed E-state index contributed by atoms with van der Waals surface area (Å²) in [5.74, 6) is 0.295. The highest BCUT2D eigenvalue weighted by atomic mass is 16.2. The van der Waals surface area contributed by atoms with Crippen molar-refractivity contribution in [3.63, 3.8) is 0 Å². The number of aliphatic imine (C=N–C) groups is 1. The quantitative estimate of drug-likeness (QED) is 0.547.